The molecule has 2 aliphatic carbocycles. The Bertz CT molecular complexity index is 477. The van der Waals surface area contributed by atoms with E-state index < -0.39 is 5.60 Å². The smallest absolute Gasteiger partial charge is 0.179 e. The van der Waals surface area contributed by atoms with Crippen molar-refractivity contribution < 1.29 is 14.6 Å². The first-order valence-corrected chi connectivity index (χ1v) is 7.27. The van der Waals surface area contributed by atoms with Gasteiger partial charge in [-0.05, 0) is 56.2 Å². The number of aliphatic hydroxyl groups is 1. The number of methoxy groups -OCH3 is 1. The molecule has 2 fully saturated rings. The van der Waals surface area contributed by atoms with Gasteiger partial charge < -0.3 is 14.6 Å². The summed E-state index contributed by atoms with van der Waals surface area (Å²) in [5, 5.41) is 10.7. The van der Waals surface area contributed by atoms with E-state index in [0.29, 0.717) is 16.5 Å². The molecule has 0 amide bonds. The fraction of sp³-hybridized carbons (Fsp3) is 0.600. The summed E-state index contributed by atoms with van der Waals surface area (Å²) in [6.07, 6.45) is 6.41. The Morgan fingerprint density at radius 1 is 1.26 bits per heavy atom. The molecule has 1 N–H and O–H groups in total. The van der Waals surface area contributed by atoms with Crippen molar-refractivity contribution in [2.75, 3.05) is 7.11 Å². The van der Waals surface area contributed by atoms with Gasteiger partial charge in [-0.3, -0.25) is 0 Å². The molecule has 104 valence electrons. The van der Waals surface area contributed by atoms with Gasteiger partial charge in [0.15, 0.2) is 11.5 Å². The third-order valence-corrected chi connectivity index (χ3v) is 4.35. The number of halogens is 1. The van der Waals surface area contributed by atoms with E-state index in [2.05, 4.69) is 0 Å². The Labute approximate surface area is 118 Å². The standard InChI is InChI=1S/C15H19ClO3/c1-18-14-12(16)8-10(15(17)6-7-15)9-13(14)19-11-4-2-3-5-11/h8-9,11,17H,2-7H2,1H3. The zero-order valence-corrected chi connectivity index (χ0v) is 11.9. The maximum atomic E-state index is 10.2. The fourth-order valence-electron chi connectivity index (χ4n) is 2.72. The van der Waals surface area contributed by atoms with Crippen LogP contribution < -0.4 is 9.47 Å². The molecule has 3 nitrogen and oxygen atoms in total. The van der Waals surface area contributed by atoms with Gasteiger partial charge in [-0.15, -0.1) is 0 Å². The molecule has 3 rings (SSSR count). The van der Waals surface area contributed by atoms with Crippen LogP contribution in [0.3, 0.4) is 0 Å². The molecule has 1 aromatic rings. The lowest BCUT2D eigenvalue weighted by atomic mass is 10.1. The summed E-state index contributed by atoms with van der Waals surface area (Å²) < 4.78 is 11.4. The summed E-state index contributed by atoms with van der Waals surface area (Å²) in [5.41, 5.74) is 0.134. The third kappa shape index (κ3) is 2.54. The predicted molar refractivity (Wildman–Crippen MR) is 74.0 cm³/mol. The van der Waals surface area contributed by atoms with Crippen LogP contribution >= 0.6 is 11.6 Å². The molecular formula is C15H19ClO3. The second-order valence-corrected chi connectivity index (χ2v) is 5.95. The topological polar surface area (TPSA) is 38.7 Å². The lowest BCUT2D eigenvalue weighted by Gasteiger charge is -2.19. The number of benzene rings is 1. The first-order valence-electron chi connectivity index (χ1n) is 6.89. The second-order valence-electron chi connectivity index (χ2n) is 5.55. The highest BCUT2D eigenvalue weighted by molar-refractivity contribution is 6.32. The van der Waals surface area contributed by atoms with E-state index in [4.69, 9.17) is 21.1 Å². The minimum absolute atomic E-state index is 0.245. The van der Waals surface area contributed by atoms with Crippen LogP contribution in [0.2, 0.25) is 5.02 Å². The Morgan fingerprint density at radius 3 is 2.53 bits per heavy atom. The molecule has 0 bridgehead atoms. The van der Waals surface area contributed by atoms with Gasteiger partial charge in [0.1, 0.15) is 0 Å². The molecule has 2 saturated carbocycles. The van der Waals surface area contributed by atoms with Crippen molar-refractivity contribution in [3.8, 4) is 11.5 Å². The Kier molecular flexibility index (Phi) is 3.35. The molecule has 0 spiro atoms. The molecule has 0 atom stereocenters. The van der Waals surface area contributed by atoms with Crippen LogP contribution in [-0.2, 0) is 5.60 Å². The van der Waals surface area contributed by atoms with Crippen molar-refractivity contribution in [1.82, 2.24) is 0 Å². The van der Waals surface area contributed by atoms with Crippen LogP contribution in [0.1, 0.15) is 44.1 Å². The molecule has 2 aliphatic rings. The summed E-state index contributed by atoms with van der Waals surface area (Å²) in [7, 11) is 1.59. The number of rotatable bonds is 4. The first-order chi connectivity index (χ1) is 9.12. The normalized spacial score (nSPS) is 21.4. The zero-order valence-electron chi connectivity index (χ0n) is 11.1. The largest absolute Gasteiger partial charge is 0.491 e. The van der Waals surface area contributed by atoms with Crippen molar-refractivity contribution in [1.29, 1.82) is 0 Å². The molecule has 19 heavy (non-hydrogen) atoms. The highest BCUT2D eigenvalue weighted by Gasteiger charge is 2.43. The van der Waals surface area contributed by atoms with Crippen LogP contribution in [0.15, 0.2) is 12.1 Å². The van der Waals surface area contributed by atoms with Gasteiger partial charge in [-0.1, -0.05) is 11.6 Å². The van der Waals surface area contributed by atoms with E-state index >= 15 is 0 Å². The number of hydrogen-bond donors (Lipinski definition) is 1. The highest BCUT2D eigenvalue weighted by Crippen LogP contribution is 2.49. The van der Waals surface area contributed by atoms with Crippen LogP contribution in [-0.4, -0.2) is 18.3 Å². The molecule has 0 heterocycles. The van der Waals surface area contributed by atoms with Gasteiger partial charge in [0.05, 0.1) is 23.8 Å². The quantitative estimate of drug-likeness (QED) is 0.916. The van der Waals surface area contributed by atoms with Crippen LogP contribution in [0.5, 0.6) is 11.5 Å². The Balaban J connectivity index is 1.92. The monoisotopic (exact) mass is 282 g/mol. The zero-order chi connectivity index (χ0) is 13.5. The van der Waals surface area contributed by atoms with E-state index in [1.165, 1.54) is 12.8 Å². The highest BCUT2D eigenvalue weighted by atomic mass is 35.5. The molecule has 0 aromatic heterocycles. The van der Waals surface area contributed by atoms with Crippen LogP contribution in [0, 0.1) is 0 Å². The summed E-state index contributed by atoms with van der Waals surface area (Å²) in [6.45, 7) is 0. The lowest BCUT2D eigenvalue weighted by Crippen LogP contribution is -2.13. The van der Waals surface area contributed by atoms with Gasteiger partial charge in [-0.25, -0.2) is 0 Å². The van der Waals surface area contributed by atoms with Gasteiger partial charge >= 0.3 is 0 Å². The Morgan fingerprint density at radius 2 is 1.95 bits per heavy atom. The predicted octanol–water partition coefficient (Wildman–Crippen LogP) is 3.65. The van der Waals surface area contributed by atoms with Crippen molar-refractivity contribution in [2.24, 2.45) is 0 Å². The van der Waals surface area contributed by atoms with E-state index in [1.54, 1.807) is 13.2 Å². The molecule has 0 unspecified atom stereocenters. The summed E-state index contributed by atoms with van der Waals surface area (Å²) >= 11 is 6.24. The molecule has 0 saturated heterocycles. The van der Waals surface area contributed by atoms with Gasteiger partial charge in [0.25, 0.3) is 0 Å². The SMILES string of the molecule is COc1c(Cl)cc(C2(O)CC2)cc1OC1CCCC1. The number of hydrogen-bond acceptors (Lipinski definition) is 3. The van der Waals surface area contributed by atoms with Gasteiger partial charge in [0, 0.05) is 0 Å². The second kappa shape index (κ2) is 4.88. The van der Waals surface area contributed by atoms with E-state index in [-0.39, 0.29) is 6.10 Å². The summed E-state index contributed by atoms with van der Waals surface area (Å²) in [5.74, 6) is 1.23. The summed E-state index contributed by atoms with van der Waals surface area (Å²) in [6, 6.07) is 3.67. The third-order valence-electron chi connectivity index (χ3n) is 4.07. The summed E-state index contributed by atoms with van der Waals surface area (Å²) in [4.78, 5) is 0. The van der Waals surface area contributed by atoms with E-state index in [9.17, 15) is 5.11 Å². The maximum Gasteiger partial charge on any atom is 0.179 e. The van der Waals surface area contributed by atoms with Gasteiger partial charge in [0.2, 0.25) is 0 Å². The van der Waals surface area contributed by atoms with Crippen LogP contribution in [0.4, 0.5) is 0 Å². The fourth-order valence-corrected chi connectivity index (χ4v) is 3.00. The maximum absolute atomic E-state index is 10.2. The van der Waals surface area contributed by atoms with Crippen molar-refractivity contribution >= 4 is 11.6 Å². The van der Waals surface area contributed by atoms with E-state index in [1.807, 2.05) is 6.07 Å². The average Bonchev–Trinajstić information content (AvgIpc) is 2.93. The van der Waals surface area contributed by atoms with Crippen molar-refractivity contribution in [2.45, 2.75) is 50.2 Å². The molecular weight excluding hydrogens is 264 g/mol. The first kappa shape index (κ1) is 13.1. The molecule has 4 heteroatoms. The lowest BCUT2D eigenvalue weighted by molar-refractivity contribution is 0.149. The minimum atomic E-state index is -0.705. The van der Waals surface area contributed by atoms with Gasteiger partial charge in [-0.2, -0.15) is 0 Å². The van der Waals surface area contributed by atoms with Crippen LogP contribution in [0.25, 0.3) is 0 Å². The number of ether oxygens (including phenoxy) is 2. The molecule has 1 aromatic carbocycles. The Hall–Kier alpha value is -0.930. The molecule has 0 aliphatic heterocycles. The van der Waals surface area contributed by atoms with Crippen molar-refractivity contribution in [3.63, 3.8) is 0 Å². The van der Waals surface area contributed by atoms with E-state index in [0.717, 1.165) is 31.2 Å². The molecule has 0 radical (unpaired) electrons. The van der Waals surface area contributed by atoms with Crippen molar-refractivity contribution in [3.05, 3.63) is 22.7 Å². The minimum Gasteiger partial charge on any atom is -0.491 e. The average molecular weight is 283 g/mol.